The fourth-order valence-electron chi connectivity index (χ4n) is 4.33. The lowest BCUT2D eigenvalue weighted by molar-refractivity contribution is 0.367. The van der Waals surface area contributed by atoms with Crippen LogP contribution in [0.25, 0.3) is 11.1 Å². The van der Waals surface area contributed by atoms with Crippen LogP contribution in [-0.4, -0.2) is 22.8 Å². The Kier molecular flexibility index (Phi) is 6.20. The van der Waals surface area contributed by atoms with Crippen molar-refractivity contribution in [3.05, 3.63) is 83.2 Å². The van der Waals surface area contributed by atoms with Crippen LogP contribution in [0.3, 0.4) is 0 Å². The molecule has 2 aromatic carbocycles. The quantitative estimate of drug-likeness (QED) is 0.354. The summed E-state index contributed by atoms with van der Waals surface area (Å²) < 4.78 is 6.38. The monoisotopic (exact) mass is 418 g/mol. The highest BCUT2D eigenvalue weighted by Crippen LogP contribution is 2.38. The number of hydrogen-bond donors (Lipinski definition) is 0. The fraction of sp³-hybridized carbons (Fsp3) is 0.308. The van der Waals surface area contributed by atoms with E-state index in [1.165, 1.54) is 21.9 Å². The van der Waals surface area contributed by atoms with E-state index in [2.05, 4.69) is 101 Å². The molecule has 0 N–H and O–H groups in total. The van der Waals surface area contributed by atoms with Crippen LogP contribution in [0.2, 0.25) is 32.7 Å². The van der Waals surface area contributed by atoms with Crippen LogP contribution in [0, 0.1) is 6.92 Å². The first-order valence-corrected chi connectivity index (χ1v) is 17.0. The summed E-state index contributed by atoms with van der Waals surface area (Å²) in [5.74, 6) is 1.05. The topological polar surface area (TPSA) is 9.23 Å². The van der Waals surface area contributed by atoms with Gasteiger partial charge in [0.2, 0.25) is 0 Å². The Balaban J connectivity index is 2.25. The lowest BCUT2D eigenvalue weighted by atomic mass is 10.0. The molecule has 0 unspecified atom stereocenters. The largest absolute Gasteiger partial charge is 0.489 e. The molecule has 0 spiro atoms. The Labute approximate surface area is 178 Å². The number of hydrogen-bond acceptors (Lipinski definition) is 1. The molecule has 2 aromatic rings. The van der Waals surface area contributed by atoms with Crippen molar-refractivity contribution >= 4 is 21.3 Å². The molecular weight excluding hydrogens is 384 g/mol. The molecule has 0 amide bonds. The molecule has 0 saturated carbocycles. The zero-order valence-corrected chi connectivity index (χ0v) is 20.8. The van der Waals surface area contributed by atoms with Gasteiger partial charge in [-0.2, -0.15) is 0 Å². The maximum absolute atomic E-state index is 6.38. The third-order valence-corrected chi connectivity index (χ3v) is 11.9. The molecule has 3 rings (SSSR count). The first kappa shape index (κ1) is 21.6. The van der Waals surface area contributed by atoms with Crippen molar-refractivity contribution < 1.29 is 4.74 Å². The zero-order valence-electron chi connectivity index (χ0n) is 18.8. The van der Waals surface area contributed by atoms with Crippen molar-refractivity contribution in [3.8, 4) is 16.9 Å². The van der Waals surface area contributed by atoms with Gasteiger partial charge < -0.3 is 4.74 Å². The minimum atomic E-state index is -1.92. The third-order valence-electron chi connectivity index (χ3n) is 5.83. The highest BCUT2D eigenvalue weighted by Gasteiger charge is 2.37. The van der Waals surface area contributed by atoms with Gasteiger partial charge in [-0.25, -0.2) is 0 Å². The second-order valence-electron chi connectivity index (χ2n) is 9.53. The zero-order chi connectivity index (χ0) is 21.2. The molecule has 0 radical (unpaired) electrons. The molecule has 0 fully saturated rings. The summed E-state index contributed by atoms with van der Waals surface area (Å²) in [6, 6.07) is 15.3. The highest BCUT2D eigenvalue weighted by molar-refractivity contribution is 6.98. The highest BCUT2D eigenvalue weighted by atomic mass is 28.3. The molecule has 0 atom stereocenters. The first-order chi connectivity index (χ1) is 13.7. The second-order valence-corrected chi connectivity index (χ2v) is 19.0. The van der Waals surface area contributed by atoms with Gasteiger partial charge in [-0.15, -0.1) is 0 Å². The van der Waals surface area contributed by atoms with Crippen LogP contribution in [0.4, 0.5) is 0 Å². The number of allylic oxidation sites excluding steroid dienone is 4. The third kappa shape index (κ3) is 4.41. The molecule has 1 aliphatic carbocycles. The fourth-order valence-corrected chi connectivity index (χ4v) is 11.1. The van der Waals surface area contributed by atoms with Crippen LogP contribution in [0.5, 0.6) is 5.75 Å². The maximum Gasteiger partial charge on any atom is 0.127 e. The minimum Gasteiger partial charge on any atom is -0.489 e. The normalized spacial score (nSPS) is 14.4. The predicted molar refractivity (Wildman–Crippen MR) is 134 cm³/mol. The Bertz CT molecular complexity index is 960. The SMILES string of the molecule is C=CCOc1c(-c2ccccc2)cc(C)cc1[Si](C)(C)C1=C([Si](C)(C)C)C=CC1. The molecule has 0 bridgehead atoms. The maximum atomic E-state index is 6.38. The minimum absolute atomic E-state index is 0.526. The van der Waals surface area contributed by atoms with E-state index in [1.54, 1.807) is 10.4 Å². The number of benzene rings is 2. The van der Waals surface area contributed by atoms with Crippen molar-refractivity contribution in [2.24, 2.45) is 0 Å². The summed E-state index contributed by atoms with van der Waals surface area (Å²) in [4.78, 5) is 0. The lowest BCUT2D eigenvalue weighted by Crippen LogP contribution is -2.46. The van der Waals surface area contributed by atoms with Crippen LogP contribution < -0.4 is 9.92 Å². The molecule has 1 aliphatic rings. The Morgan fingerprint density at radius 3 is 2.34 bits per heavy atom. The van der Waals surface area contributed by atoms with Gasteiger partial charge >= 0.3 is 0 Å². The van der Waals surface area contributed by atoms with Gasteiger partial charge in [0.05, 0.1) is 8.07 Å². The molecular formula is C26H34OSi2. The summed E-state index contributed by atoms with van der Waals surface area (Å²) in [6.07, 6.45) is 7.72. The second kappa shape index (κ2) is 8.33. The van der Waals surface area contributed by atoms with E-state index in [0.29, 0.717) is 6.61 Å². The van der Waals surface area contributed by atoms with Gasteiger partial charge in [0.25, 0.3) is 0 Å². The van der Waals surface area contributed by atoms with Crippen molar-refractivity contribution in [1.29, 1.82) is 0 Å². The lowest BCUT2D eigenvalue weighted by Gasteiger charge is -2.32. The van der Waals surface area contributed by atoms with Crippen molar-refractivity contribution in [1.82, 2.24) is 0 Å². The van der Waals surface area contributed by atoms with Crippen LogP contribution in [0.1, 0.15) is 12.0 Å². The first-order valence-electron chi connectivity index (χ1n) is 10.5. The summed E-state index contributed by atoms with van der Waals surface area (Å²) >= 11 is 0. The van der Waals surface area contributed by atoms with Gasteiger partial charge in [0, 0.05) is 5.56 Å². The van der Waals surface area contributed by atoms with E-state index in [4.69, 9.17) is 4.74 Å². The number of ether oxygens (including phenoxy) is 1. The summed E-state index contributed by atoms with van der Waals surface area (Å²) in [5, 5.41) is 4.74. The van der Waals surface area contributed by atoms with Crippen LogP contribution >= 0.6 is 0 Å². The van der Waals surface area contributed by atoms with E-state index < -0.39 is 16.1 Å². The molecule has 29 heavy (non-hydrogen) atoms. The van der Waals surface area contributed by atoms with Crippen molar-refractivity contribution in [2.75, 3.05) is 6.61 Å². The molecule has 1 nitrogen and oxygen atoms in total. The van der Waals surface area contributed by atoms with E-state index >= 15 is 0 Å². The number of rotatable bonds is 7. The van der Waals surface area contributed by atoms with Crippen molar-refractivity contribution in [2.45, 2.75) is 46.1 Å². The predicted octanol–water partition coefficient (Wildman–Crippen LogP) is 6.82. The molecule has 0 heterocycles. The Morgan fingerprint density at radius 2 is 1.72 bits per heavy atom. The van der Waals surface area contributed by atoms with Crippen molar-refractivity contribution in [3.63, 3.8) is 0 Å². The van der Waals surface area contributed by atoms with Crippen LogP contribution in [0.15, 0.2) is 77.7 Å². The van der Waals surface area contributed by atoms with E-state index in [-0.39, 0.29) is 0 Å². The number of aryl methyl sites for hydroxylation is 1. The average molecular weight is 419 g/mol. The molecule has 0 saturated heterocycles. The molecule has 0 aliphatic heterocycles. The van der Waals surface area contributed by atoms with Gasteiger partial charge in [-0.1, -0.05) is 110 Å². The van der Waals surface area contributed by atoms with E-state index in [1.807, 2.05) is 6.08 Å². The summed E-state index contributed by atoms with van der Waals surface area (Å²) in [5.41, 5.74) is 3.71. The smallest absolute Gasteiger partial charge is 0.127 e. The van der Waals surface area contributed by atoms with Gasteiger partial charge in [-0.05, 0) is 30.2 Å². The van der Waals surface area contributed by atoms with Gasteiger partial charge in [0.1, 0.15) is 20.4 Å². The summed E-state index contributed by atoms with van der Waals surface area (Å²) in [7, 11) is -3.31. The van der Waals surface area contributed by atoms with Gasteiger partial charge in [0.15, 0.2) is 0 Å². The standard InChI is InChI=1S/C26H34OSi2/c1-8-17-27-26-22(21-13-10-9-11-14-21)18-20(2)19-25(26)29(6,7)24-16-12-15-23(24)28(3,4)5/h8-15,18-19H,1,16-17H2,2-7H3. The molecule has 152 valence electrons. The van der Waals surface area contributed by atoms with Crippen LogP contribution in [-0.2, 0) is 0 Å². The Hall–Kier alpha value is -2.11. The van der Waals surface area contributed by atoms with Gasteiger partial charge in [-0.3, -0.25) is 0 Å². The van der Waals surface area contributed by atoms with E-state index in [0.717, 1.165) is 12.2 Å². The molecule has 3 heteroatoms. The molecule has 0 aromatic heterocycles. The van der Waals surface area contributed by atoms with E-state index in [9.17, 15) is 0 Å². The summed E-state index contributed by atoms with van der Waals surface area (Å²) in [6.45, 7) is 19.0. The Morgan fingerprint density at radius 1 is 1.03 bits per heavy atom. The average Bonchev–Trinajstić information content (AvgIpc) is 3.18.